The number of aryl methyl sites for hydroxylation is 1. The first kappa shape index (κ1) is 20.6. The second kappa shape index (κ2) is 9.46. The van der Waals surface area contributed by atoms with Gasteiger partial charge in [-0.05, 0) is 67.5 Å². The van der Waals surface area contributed by atoms with Crippen LogP contribution in [0.5, 0.6) is 0 Å². The fourth-order valence-electron chi connectivity index (χ4n) is 4.77. The van der Waals surface area contributed by atoms with E-state index in [1.165, 1.54) is 18.4 Å². The zero-order valence-corrected chi connectivity index (χ0v) is 17.9. The van der Waals surface area contributed by atoms with Crippen molar-refractivity contribution in [2.45, 2.75) is 63.8 Å². The number of rotatable bonds is 5. The predicted octanol–water partition coefficient (Wildman–Crippen LogP) is 4.94. The van der Waals surface area contributed by atoms with Crippen LogP contribution in [0.2, 0.25) is 0 Å². The average Bonchev–Trinajstić information content (AvgIpc) is 3.32. The zero-order chi connectivity index (χ0) is 20.9. The van der Waals surface area contributed by atoms with Crippen LogP contribution in [-0.2, 0) is 6.42 Å². The number of carbonyl (C=O) groups excluding carboxylic acids is 2. The maximum atomic E-state index is 13.0. The van der Waals surface area contributed by atoms with Crippen LogP contribution >= 0.6 is 0 Å². The van der Waals surface area contributed by atoms with Gasteiger partial charge in [0.15, 0.2) is 0 Å². The van der Waals surface area contributed by atoms with E-state index in [1.54, 1.807) is 0 Å². The van der Waals surface area contributed by atoms with Crippen molar-refractivity contribution in [3.05, 3.63) is 70.8 Å². The van der Waals surface area contributed by atoms with E-state index in [0.717, 1.165) is 55.3 Å². The lowest BCUT2D eigenvalue weighted by Crippen LogP contribution is -2.39. The summed E-state index contributed by atoms with van der Waals surface area (Å²) in [5.41, 5.74) is 3.90. The first-order valence-electron chi connectivity index (χ1n) is 11.4. The largest absolute Gasteiger partial charge is 0.349 e. The van der Waals surface area contributed by atoms with Crippen molar-refractivity contribution in [2.75, 3.05) is 13.1 Å². The number of nitrogens with one attached hydrogen (secondary N) is 1. The average molecular weight is 405 g/mol. The number of likely N-dealkylation sites (tertiary alicyclic amines) is 1. The van der Waals surface area contributed by atoms with Gasteiger partial charge in [0.2, 0.25) is 0 Å². The third-order valence-electron chi connectivity index (χ3n) is 6.63. The molecule has 1 aliphatic carbocycles. The summed E-state index contributed by atoms with van der Waals surface area (Å²) in [6, 6.07) is 16.3. The first-order chi connectivity index (χ1) is 14.6. The van der Waals surface area contributed by atoms with Gasteiger partial charge in [0.1, 0.15) is 0 Å². The van der Waals surface area contributed by atoms with Gasteiger partial charge in [0, 0.05) is 36.2 Å². The minimum Gasteiger partial charge on any atom is -0.349 e. The lowest BCUT2D eigenvalue weighted by atomic mass is 9.89. The van der Waals surface area contributed by atoms with Crippen LogP contribution in [0.4, 0.5) is 0 Å². The van der Waals surface area contributed by atoms with Gasteiger partial charge in [-0.3, -0.25) is 9.59 Å². The minimum absolute atomic E-state index is 0.0310. The summed E-state index contributed by atoms with van der Waals surface area (Å²) in [6.07, 6.45) is 7.60. The second-order valence-corrected chi connectivity index (χ2v) is 8.72. The third-order valence-corrected chi connectivity index (χ3v) is 6.63. The van der Waals surface area contributed by atoms with Crippen molar-refractivity contribution in [1.82, 2.24) is 10.2 Å². The topological polar surface area (TPSA) is 49.4 Å². The zero-order valence-electron chi connectivity index (χ0n) is 17.9. The molecule has 1 heterocycles. The highest BCUT2D eigenvalue weighted by molar-refractivity contribution is 5.95. The predicted molar refractivity (Wildman–Crippen MR) is 120 cm³/mol. The van der Waals surface area contributed by atoms with E-state index in [-0.39, 0.29) is 17.7 Å². The Kier molecular flexibility index (Phi) is 6.51. The van der Waals surface area contributed by atoms with Gasteiger partial charge in [-0.25, -0.2) is 0 Å². The van der Waals surface area contributed by atoms with Crippen LogP contribution in [0.1, 0.15) is 83.2 Å². The summed E-state index contributed by atoms with van der Waals surface area (Å²) in [4.78, 5) is 27.6. The molecule has 1 saturated carbocycles. The molecule has 1 N–H and O–H groups in total. The minimum atomic E-state index is 0.0310. The van der Waals surface area contributed by atoms with E-state index in [9.17, 15) is 9.59 Å². The summed E-state index contributed by atoms with van der Waals surface area (Å²) in [5, 5.41) is 3.18. The monoisotopic (exact) mass is 404 g/mol. The van der Waals surface area contributed by atoms with Crippen molar-refractivity contribution in [2.24, 2.45) is 0 Å². The Balaban J connectivity index is 1.43. The highest BCUT2D eigenvalue weighted by atomic mass is 16.2. The SMILES string of the molecule is CCc1ccc(C(=O)N2CCCC(c3cccc(C(=O)NC4CCCC4)c3)C2)cc1. The molecular formula is C26H32N2O2. The maximum absolute atomic E-state index is 13.0. The lowest BCUT2D eigenvalue weighted by molar-refractivity contribution is 0.0706. The number of piperidine rings is 1. The van der Waals surface area contributed by atoms with Crippen LogP contribution in [0.25, 0.3) is 0 Å². The van der Waals surface area contributed by atoms with E-state index in [4.69, 9.17) is 0 Å². The van der Waals surface area contributed by atoms with Crippen molar-refractivity contribution < 1.29 is 9.59 Å². The molecule has 1 unspecified atom stereocenters. The number of nitrogens with zero attached hydrogens (tertiary/aromatic N) is 1. The van der Waals surface area contributed by atoms with Gasteiger partial charge in [0.25, 0.3) is 11.8 Å². The van der Waals surface area contributed by atoms with E-state index in [1.807, 2.05) is 47.4 Å². The Morgan fingerprint density at radius 1 is 0.967 bits per heavy atom. The molecule has 2 fully saturated rings. The number of carbonyl (C=O) groups is 2. The molecule has 0 bridgehead atoms. The molecule has 1 atom stereocenters. The Hall–Kier alpha value is -2.62. The van der Waals surface area contributed by atoms with Crippen LogP contribution in [0.15, 0.2) is 48.5 Å². The van der Waals surface area contributed by atoms with Gasteiger partial charge in [-0.2, -0.15) is 0 Å². The van der Waals surface area contributed by atoms with Gasteiger partial charge in [0.05, 0.1) is 0 Å². The van der Waals surface area contributed by atoms with Crippen molar-refractivity contribution in [1.29, 1.82) is 0 Å². The number of amides is 2. The van der Waals surface area contributed by atoms with Crippen LogP contribution in [0.3, 0.4) is 0 Å². The molecule has 2 aromatic rings. The molecular weight excluding hydrogens is 372 g/mol. The Labute approximate surface area is 179 Å². The van der Waals surface area contributed by atoms with Crippen LogP contribution in [0, 0.1) is 0 Å². The highest BCUT2D eigenvalue weighted by Gasteiger charge is 2.26. The molecule has 158 valence electrons. The molecule has 0 aromatic heterocycles. The summed E-state index contributed by atoms with van der Waals surface area (Å²) in [5.74, 6) is 0.415. The van der Waals surface area contributed by atoms with E-state index in [0.29, 0.717) is 12.6 Å². The van der Waals surface area contributed by atoms with Crippen molar-refractivity contribution in [3.63, 3.8) is 0 Å². The van der Waals surface area contributed by atoms with Crippen molar-refractivity contribution >= 4 is 11.8 Å². The molecule has 0 spiro atoms. The highest BCUT2D eigenvalue weighted by Crippen LogP contribution is 2.28. The Bertz CT molecular complexity index is 884. The summed E-state index contributed by atoms with van der Waals surface area (Å²) in [7, 11) is 0. The Morgan fingerprint density at radius 3 is 2.47 bits per heavy atom. The molecule has 0 radical (unpaired) electrons. The quantitative estimate of drug-likeness (QED) is 0.767. The first-order valence-corrected chi connectivity index (χ1v) is 11.4. The standard InChI is InChI=1S/C26H32N2O2/c1-2-19-12-14-20(15-13-19)26(30)28-16-6-9-23(18-28)21-7-5-8-22(17-21)25(29)27-24-10-3-4-11-24/h5,7-8,12-15,17,23-24H,2-4,6,9-11,16,18H2,1H3,(H,27,29). The smallest absolute Gasteiger partial charge is 0.253 e. The van der Waals surface area contributed by atoms with E-state index < -0.39 is 0 Å². The Morgan fingerprint density at radius 2 is 1.73 bits per heavy atom. The molecule has 4 rings (SSSR count). The number of benzene rings is 2. The van der Waals surface area contributed by atoms with E-state index in [2.05, 4.69) is 18.3 Å². The summed E-state index contributed by atoms with van der Waals surface area (Å²) < 4.78 is 0. The van der Waals surface area contributed by atoms with Crippen molar-refractivity contribution in [3.8, 4) is 0 Å². The maximum Gasteiger partial charge on any atom is 0.253 e. The van der Waals surface area contributed by atoms with Gasteiger partial charge < -0.3 is 10.2 Å². The molecule has 30 heavy (non-hydrogen) atoms. The molecule has 4 nitrogen and oxygen atoms in total. The second-order valence-electron chi connectivity index (χ2n) is 8.72. The van der Waals surface area contributed by atoms with E-state index >= 15 is 0 Å². The van der Waals surface area contributed by atoms with Gasteiger partial charge in [-0.15, -0.1) is 0 Å². The van der Waals surface area contributed by atoms with Crippen LogP contribution < -0.4 is 5.32 Å². The molecule has 2 aromatic carbocycles. The normalized spacial score (nSPS) is 19.6. The number of hydrogen-bond acceptors (Lipinski definition) is 2. The summed E-state index contributed by atoms with van der Waals surface area (Å²) in [6.45, 7) is 3.63. The third kappa shape index (κ3) is 4.75. The molecule has 2 amide bonds. The fraction of sp³-hybridized carbons (Fsp3) is 0.462. The van der Waals surface area contributed by atoms with Gasteiger partial charge in [-0.1, -0.05) is 44.0 Å². The fourth-order valence-corrected chi connectivity index (χ4v) is 4.77. The lowest BCUT2D eigenvalue weighted by Gasteiger charge is -2.33. The summed E-state index contributed by atoms with van der Waals surface area (Å²) >= 11 is 0. The number of hydrogen-bond donors (Lipinski definition) is 1. The van der Waals surface area contributed by atoms with Gasteiger partial charge >= 0.3 is 0 Å². The molecule has 2 aliphatic rings. The van der Waals surface area contributed by atoms with Crippen LogP contribution in [-0.4, -0.2) is 35.8 Å². The molecule has 1 saturated heterocycles. The molecule has 1 aliphatic heterocycles. The molecule has 4 heteroatoms.